The first kappa shape index (κ1) is 26.5. The van der Waals surface area contributed by atoms with E-state index < -0.39 is 17.7 Å². The van der Waals surface area contributed by atoms with Gasteiger partial charge in [-0.1, -0.05) is 45.0 Å². The van der Waals surface area contributed by atoms with E-state index in [4.69, 9.17) is 4.74 Å². The topological polar surface area (TPSA) is 70.1 Å². The zero-order chi connectivity index (χ0) is 25.9. The minimum absolute atomic E-state index is 0.0220. The third kappa shape index (κ3) is 6.12. The molecule has 0 aliphatic carbocycles. The Balaban J connectivity index is 2.06. The van der Waals surface area contributed by atoms with Crippen molar-refractivity contribution < 1.29 is 19.4 Å². The Kier molecular flexibility index (Phi) is 8.06. The Hall–Kier alpha value is -3.12. The van der Waals surface area contributed by atoms with E-state index in [2.05, 4.69) is 20.8 Å². The first-order valence-electron chi connectivity index (χ1n) is 12.2. The second-order valence-electron chi connectivity index (χ2n) is 10.7. The van der Waals surface area contributed by atoms with Crippen molar-refractivity contribution in [2.75, 3.05) is 27.2 Å². The number of ether oxygens (including phenoxy) is 1. The standard InChI is InChI=1S/C29H38N2O4/c1-19(2)35-23-15-11-21(12-16-23)26(32)24-25(20-9-13-22(14-10-20)29(3,4)5)31(28(34)27(24)33)18-8-17-30(6)7/h9-16,19,25,32H,8,17-18H2,1-7H3. The second kappa shape index (κ2) is 10.6. The van der Waals surface area contributed by atoms with Crippen LogP contribution in [0.2, 0.25) is 0 Å². The van der Waals surface area contributed by atoms with Crippen molar-refractivity contribution in [2.45, 2.75) is 58.6 Å². The molecular weight excluding hydrogens is 440 g/mol. The molecule has 1 fully saturated rings. The van der Waals surface area contributed by atoms with Crippen LogP contribution in [0.4, 0.5) is 0 Å². The van der Waals surface area contributed by atoms with Crippen molar-refractivity contribution in [3.63, 3.8) is 0 Å². The maximum atomic E-state index is 13.2. The molecule has 1 heterocycles. The number of hydrogen-bond donors (Lipinski definition) is 1. The van der Waals surface area contributed by atoms with Gasteiger partial charge in [0.1, 0.15) is 11.5 Å². The number of hydrogen-bond acceptors (Lipinski definition) is 5. The van der Waals surface area contributed by atoms with Crippen molar-refractivity contribution in [2.24, 2.45) is 0 Å². The van der Waals surface area contributed by atoms with Gasteiger partial charge in [0.15, 0.2) is 0 Å². The van der Waals surface area contributed by atoms with Crippen LogP contribution >= 0.6 is 0 Å². The third-order valence-electron chi connectivity index (χ3n) is 6.14. The largest absolute Gasteiger partial charge is 0.507 e. The van der Waals surface area contributed by atoms with Crippen molar-refractivity contribution in [1.82, 2.24) is 9.80 Å². The first-order chi connectivity index (χ1) is 16.4. The zero-order valence-electron chi connectivity index (χ0n) is 22.0. The molecule has 0 saturated carbocycles. The number of Topliss-reactive ketones (excluding diaryl/α,β-unsaturated/α-hetero) is 1. The molecule has 1 atom stereocenters. The molecule has 1 saturated heterocycles. The third-order valence-corrected chi connectivity index (χ3v) is 6.14. The van der Waals surface area contributed by atoms with Gasteiger partial charge in [0.05, 0.1) is 17.7 Å². The van der Waals surface area contributed by atoms with Crippen LogP contribution in [0.15, 0.2) is 54.1 Å². The van der Waals surface area contributed by atoms with Crippen LogP contribution in [0.1, 0.15) is 63.8 Å². The molecule has 1 unspecified atom stereocenters. The lowest BCUT2D eigenvalue weighted by Crippen LogP contribution is -2.32. The summed E-state index contributed by atoms with van der Waals surface area (Å²) >= 11 is 0. The molecule has 6 heteroatoms. The lowest BCUT2D eigenvalue weighted by molar-refractivity contribution is -0.139. The number of benzene rings is 2. The summed E-state index contributed by atoms with van der Waals surface area (Å²) in [6, 6.07) is 14.3. The molecule has 6 nitrogen and oxygen atoms in total. The van der Waals surface area contributed by atoms with Crippen LogP contribution in [0, 0.1) is 0 Å². The van der Waals surface area contributed by atoms with Crippen LogP contribution in [-0.4, -0.2) is 59.9 Å². The summed E-state index contributed by atoms with van der Waals surface area (Å²) < 4.78 is 5.69. The monoisotopic (exact) mass is 478 g/mol. The normalized spacial score (nSPS) is 18.1. The van der Waals surface area contributed by atoms with Crippen LogP contribution < -0.4 is 4.74 Å². The Morgan fingerprint density at radius 1 is 1.03 bits per heavy atom. The molecule has 1 N–H and O–H groups in total. The number of aliphatic hydroxyl groups excluding tert-OH is 1. The lowest BCUT2D eigenvalue weighted by atomic mass is 9.85. The molecule has 2 aromatic carbocycles. The first-order valence-corrected chi connectivity index (χ1v) is 12.2. The van der Waals surface area contributed by atoms with Crippen LogP contribution in [0.25, 0.3) is 5.76 Å². The maximum absolute atomic E-state index is 13.2. The minimum atomic E-state index is -0.653. The lowest BCUT2D eigenvalue weighted by Gasteiger charge is -2.27. The number of amides is 1. The van der Waals surface area contributed by atoms with E-state index in [-0.39, 0.29) is 22.9 Å². The molecule has 35 heavy (non-hydrogen) atoms. The summed E-state index contributed by atoms with van der Waals surface area (Å²) in [5.74, 6) is -0.718. The average Bonchev–Trinajstić information content (AvgIpc) is 3.03. The predicted molar refractivity (Wildman–Crippen MR) is 140 cm³/mol. The smallest absolute Gasteiger partial charge is 0.295 e. The molecule has 0 bridgehead atoms. The predicted octanol–water partition coefficient (Wildman–Crippen LogP) is 5.14. The van der Waals surface area contributed by atoms with E-state index in [1.54, 1.807) is 29.2 Å². The SMILES string of the molecule is CC(C)Oc1ccc(C(O)=C2C(=O)C(=O)N(CCCN(C)C)C2c2ccc(C(C)(C)C)cc2)cc1. The Labute approximate surface area is 209 Å². The van der Waals surface area contributed by atoms with E-state index in [1.165, 1.54) is 0 Å². The Morgan fingerprint density at radius 3 is 2.14 bits per heavy atom. The summed E-state index contributed by atoms with van der Waals surface area (Å²) in [5.41, 5.74) is 2.55. The van der Waals surface area contributed by atoms with E-state index in [0.717, 1.165) is 24.1 Å². The fraction of sp³-hybridized carbons (Fsp3) is 0.448. The zero-order valence-corrected chi connectivity index (χ0v) is 22.0. The summed E-state index contributed by atoms with van der Waals surface area (Å²) in [4.78, 5) is 30.0. The van der Waals surface area contributed by atoms with Gasteiger partial charge in [-0.3, -0.25) is 9.59 Å². The Bertz CT molecular complexity index is 1080. The molecule has 1 aliphatic rings. The van der Waals surface area contributed by atoms with E-state index in [9.17, 15) is 14.7 Å². The van der Waals surface area contributed by atoms with Crippen molar-refractivity contribution >= 4 is 17.4 Å². The average molecular weight is 479 g/mol. The van der Waals surface area contributed by atoms with Gasteiger partial charge in [-0.2, -0.15) is 0 Å². The van der Waals surface area contributed by atoms with Gasteiger partial charge in [-0.25, -0.2) is 0 Å². The summed E-state index contributed by atoms with van der Waals surface area (Å²) in [7, 11) is 3.95. The van der Waals surface area contributed by atoms with Crippen molar-refractivity contribution in [1.29, 1.82) is 0 Å². The summed E-state index contributed by atoms with van der Waals surface area (Å²) in [5, 5.41) is 11.3. The summed E-state index contributed by atoms with van der Waals surface area (Å²) in [6.45, 7) is 11.5. The molecule has 1 aliphatic heterocycles. The highest BCUT2D eigenvalue weighted by molar-refractivity contribution is 6.46. The fourth-order valence-corrected chi connectivity index (χ4v) is 4.30. The van der Waals surface area contributed by atoms with E-state index in [1.807, 2.05) is 57.1 Å². The Morgan fingerprint density at radius 2 is 1.63 bits per heavy atom. The number of ketones is 1. The van der Waals surface area contributed by atoms with Crippen LogP contribution in [0.5, 0.6) is 5.75 Å². The van der Waals surface area contributed by atoms with Crippen molar-refractivity contribution in [3.05, 3.63) is 70.8 Å². The molecule has 188 valence electrons. The van der Waals surface area contributed by atoms with Crippen molar-refractivity contribution in [3.8, 4) is 5.75 Å². The molecule has 1 amide bonds. The molecule has 0 radical (unpaired) electrons. The number of carbonyl (C=O) groups is 2. The van der Waals surface area contributed by atoms with Crippen LogP contribution in [0.3, 0.4) is 0 Å². The highest BCUT2D eigenvalue weighted by Gasteiger charge is 2.45. The van der Waals surface area contributed by atoms with Gasteiger partial charge in [0.2, 0.25) is 0 Å². The van der Waals surface area contributed by atoms with Gasteiger partial charge in [0, 0.05) is 12.1 Å². The number of likely N-dealkylation sites (tertiary alicyclic amines) is 1. The highest BCUT2D eigenvalue weighted by Crippen LogP contribution is 2.40. The number of aliphatic hydroxyl groups is 1. The van der Waals surface area contributed by atoms with Gasteiger partial charge in [-0.05, 0) is 81.7 Å². The minimum Gasteiger partial charge on any atom is -0.507 e. The number of carbonyl (C=O) groups excluding carboxylic acids is 2. The fourth-order valence-electron chi connectivity index (χ4n) is 4.30. The maximum Gasteiger partial charge on any atom is 0.295 e. The van der Waals surface area contributed by atoms with E-state index in [0.29, 0.717) is 17.9 Å². The number of rotatable bonds is 8. The molecular formula is C29H38N2O4. The summed E-state index contributed by atoms with van der Waals surface area (Å²) in [6.07, 6.45) is 0.746. The van der Waals surface area contributed by atoms with Gasteiger partial charge < -0.3 is 19.6 Å². The van der Waals surface area contributed by atoms with Gasteiger partial charge >= 0.3 is 0 Å². The molecule has 0 aromatic heterocycles. The second-order valence-corrected chi connectivity index (χ2v) is 10.7. The molecule has 2 aromatic rings. The van der Waals surface area contributed by atoms with Crippen LogP contribution in [-0.2, 0) is 15.0 Å². The highest BCUT2D eigenvalue weighted by atomic mass is 16.5. The molecule has 0 spiro atoms. The molecule has 3 rings (SSSR count). The van der Waals surface area contributed by atoms with Gasteiger partial charge in [0.25, 0.3) is 11.7 Å². The quantitative estimate of drug-likeness (QED) is 0.323. The van der Waals surface area contributed by atoms with E-state index >= 15 is 0 Å². The number of nitrogens with zero attached hydrogens (tertiary/aromatic N) is 2. The van der Waals surface area contributed by atoms with Gasteiger partial charge in [-0.15, -0.1) is 0 Å².